The Hall–Kier alpha value is -1.07. The molecule has 0 amide bonds. The quantitative estimate of drug-likeness (QED) is 0.747. The molecule has 0 saturated heterocycles. The topological polar surface area (TPSA) is 73.1 Å². The molecule has 3 N–H and O–H groups in total. The van der Waals surface area contributed by atoms with Crippen LogP contribution >= 0.6 is 11.6 Å². The van der Waals surface area contributed by atoms with Gasteiger partial charge in [0.15, 0.2) is 5.82 Å². The molecule has 0 unspecified atom stereocenters. The van der Waals surface area contributed by atoms with E-state index in [9.17, 15) is 0 Å². The number of nitrogens with two attached hydrogens (primary N) is 1. The molecule has 0 aliphatic rings. The summed E-state index contributed by atoms with van der Waals surface area (Å²) in [6.07, 6.45) is 1.37. The number of ether oxygens (including phenoxy) is 1. The summed E-state index contributed by atoms with van der Waals surface area (Å²) in [7, 11) is 0. The zero-order chi connectivity index (χ0) is 12.0. The van der Waals surface area contributed by atoms with Crippen LogP contribution in [0.1, 0.15) is 13.8 Å². The molecule has 0 aliphatic heterocycles. The summed E-state index contributed by atoms with van der Waals surface area (Å²) in [5.41, 5.74) is 5.54. The van der Waals surface area contributed by atoms with Crippen LogP contribution in [0, 0.1) is 5.92 Å². The van der Waals surface area contributed by atoms with Gasteiger partial charge in [0.25, 0.3) is 0 Å². The Morgan fingerprint density at radius 2 is 2.25 bits per heavy atom. The number of hydrogen-bond acceptors (Lipinski definition) is 5. The summed E-state index contributed by atoms with van der Waals surface area (Å²) < 4.78 is 5.41. The van der Waals surface area contributed by atoms with E-state index in [-0.39, 0.29) is 5.82 Å². The van der Waals surface area contributed by atoms with E-state index in [1.165, 1.54) is 6.33 Å². The minimum Gasteiger partial charge on any atom is -0.382 e. The summed E-state index contributed by atoms with van der Waals surface area (Å²) in [4.78, 5) is 7.75. The number of halogens is 1. The molecule has 1 rings (SSSR count). The van der Waals surface area contributed by atoms with Crippen LogP contribution in [0.3, 0.4) is 0 Å². The molecule has 1 heterocycles. The van der Waals surface area contributed by atoms with Gasteiger partial charge in [-0.2, -0.15) is 0 Å². The van der Waals surface area contributed by atoms with Gasteiger partial charge in [-0.05, 0) is 5.92 Å². The average molecular weight is 245 g/mol. The van der Waals surface area contributed by atoms with Gasteiger partial charge in [-0.25, -0.2) is 9.97 Å². The molecule has 0 spiro atoms. The number of rotatable bonds is 6. The Morgan fingerprint density at radius 1 is 1.50 bits per heavy atom. The predicted molar refractivity (Wildman–Crippen MR) is 65.6 cm³/mol. The summed E-state index contributed by atoms with van der Waals surface area (Å²) >= 11 is 5.90. The molecular weight excluding hydrogens is 228 g/mol. The monoisotopic (exact) mass is 244 g/mol. The lowest BCUT2D eigenvalue weighted by atomic mass is 10.2. The van der Waals surface area contributed by atoms with Gasteiger partial charge < -0.3 is 15.8 Å². The number of nitrogens with one attached hydrogen (secondary N) is 1. The number of aromatic nitrogens is 2. The van der Waals surface area contributed by atoms with Gasteiger partial charge in [-0.3, -0.25) is 0 Å². The minimum absolute atomic E-state index is 0.280. The first-order valence-corrected chi connectivity index (χ1v) is 5.56. The zero-order valence-corrected chi connectivity index (χ0v) is 10.3. The number of hydrogen-bond donors (Lipinski definition) is 2. The smallest absolute Gasteiger partial charge is 0.150 e. The normalized spacial score (nSPS) is 10.8. The lowest BCUT2D eigenvalue weighted by Gasteiger charge is -2.09. The first-order chi connectivity index (χ1) is 7.61. The zero-order valence-electron chi connectivity index (χ0n) is 9.53. The maximum absolute atomic E-state index is 5.90. The van der Waals surface area contributed by atoms with Crippen LogP contribution in [0.25, 0.3) is 0 Å². The van der Waals surface area contributed by atoms with Crippen molar-refractivity contribution in [3.05, 3.63) is 11.3 Å². The van der Waals surface area contributed by atoms with E-state index < -0.39 is 0 Å². The molecule has 16 heavy (non-hydrogen) atoms. The summed E-state index contributed by atoms with van der Waals surface area (Å²) in [6.45, 7) is 6.22. The first-order valence-electron chi connectivity index (χ1n) is 5.19. The van der Waals surface area contributed by atoms with E-state index in [0.29, 0.717) is 29.9 Å². The van der Waals surface area contributed by atoms with Crippen LogP contribution in [0.2, 0.25) is 5.02 Å². The van der Waals surface area contributed by atoms with Gasteiger partial charge in [0, 0.05) is 13.2 Å². The highest BCUT2D eigenvalue weighted by atomic mass is 35.5. The summed E-state index contributed by atoms with van der Waals surface area (Å²) in [6, 6.07) is 0. The number of nitrogens with zero attached hydrogens (tertiary/aromatic N) is 2. The van der Waals surface area contributed by atoms with E-state index in [2.05, 4.69) is 29.1 Å². The standard InChI is InChI=1S/C10H17ClN4O/c1-7(2)5-16-4-3-13-10-8(11)9(12)14-6-15-10/h6-7H,3-5H2,1-2H3,(H3,12,13,14,15). The van der Waals surface area contributed by atoms with Crippen molar-refractivity contribution in [3.63, 3.8) is 0 Å². The Bertz CT molecular complexity index is 333. The largest absolute Gasteiger partial charge is 0.382 e. The van der Waals surface area contributed by atoms with Crippen molar-refractivity contribution in [2.45, 2.75) is 13.8 Å². The second-order valence-corrected chi connectivity index (χ2v) is 4.20. The molecule has 1 aromatic rings. The van der Waals surface area contributed by atoms with E-state index >= 15 is 0 Å². The fraction of sp³-hybridized carbons (Fsp3) is 0.600. The van der Waals surface area contributed by atoms with Crippen LogP contribution in [0.5, 0.6) is 0 Å². The third-order valence-corrected chi connectivity index (χ3v) is 2.18. The maximum atomic E-state index is 5.90. The fourth-order valence-electron chi connectivity index (χ4n) is 1.07. The average Bonchev–Trinajstić information content (AvgIpc) is 2.23. The second kappa shape index (κ2) is 6.50. The second-order valence-electron chi connectivity index (χ2n) is 3.82. The molecular formula is C10H17ClN4O. The lowest BCUT2D eigenvalue weighted by molar-refractivity contribution is 0.118. The number of anilines is 2. The summed E-state index contributed by atoms with van der Waals surface area (Å²) in [5, 5.41) is 3.39. The van der Waals surface area contributed by atoms with Crippen molar-refractivity contribution in [2.24, 2.45) is 5.92 Å². The summed E-state index contributed by atoms with van der Waals surface area (Å²) in [5.74, 6) is 1.36. The Kier molecular flexibility index (Phi) is 5.28. The molecule has 90 valence electrons. The third-order valence-electron chi connectivity index (χ3n) is 1.81. The highest BCUT2D eigenvalue weighted by Crippen LogP contribution is 2.22. The molecule has 5 nitrogen and oxygen atoms in total. The van der Waals surface area contributed by atoms with E-state index in [0.717, 1.165) is 6.61 Å². The molecule has 0 aliphatic carbocycles. The van der Waals surface area contributed by atoms with Gasteiger partial charge in [0.2, 0.25) is 0 Å². The van der Waals surface area contributed by atoms with Gasteiger partial charge in [0.05, 0.1) is 6.61 Å². The molecule has 6 heteroatoms. The van der Waals surface area contributed by atoms with Crippen molar-refractivity contribution in [1.82, 2.24) is 9.97 Å². The molecule has 1 aromatic heterocycles. The maximum Gasteiger partial charge on any atom is 0.150 e. The van der Waals surface area contributed by atoms with Gasteiger partial charge >= 0.3 is 0 Å². The van der Waals surface area contributed by atoms with Crippen molar-refractivity contribution in [2.75, 3.05) is 30.8 Å². The van der Waals surface area contributed by atoms with Gasteiger partial charge in [0.1, 0.15) is 17.2 Å². The van der Waals surface area contributed by atoms with Crippen molar-refractivity contribution in [1.29, 1.82) is 0 Å². The predicted octanol–water partition coefficient (Wildman–Crippen LogP) is 1.80. The highest BCUT2D eigenvalue weighted by Gasteiger charge is 2.05. The lowest BCUT2D eigenvalue weighted by Crippen LogP contribution is -2.13. The molecule has 0 fully saturated rings. The first kappa shape index (κ1) is 13.0. The minimum atomic E-state index is 0.280. The van der Waals surface area contributed by atoms with Gasteiger partial charge in [-0.15, -0.1) is 0 Å². The van der Waals surface area contributed by atoms with Crippen LogP contribution in [0.15, 0.2) is 6.33 Å². The van der Waals surface area contributed by atoms with Crippen LogP contribution in [0.4, 0.5) is 11.6 Å². The molecule has 0 atom stereocenters. The molecule has 0 aromatic carbocycles. The van der Waals surface area contributed by atoms with Crippen molar-refractivity contribution in [3.8, 4) is 0 Å². The van der Waals surface area contributed by atoms with E-state index in [1.807, 2.05) is 0 Å². The van der Waals surface area contributed by atoms with E-state index in [4.69, 9.17) is 22.1 Å². The SMILES string of the molecule is CC(C)COCCNc1ncnc(N)c1Cl. The van der Waals surface area contributed by atoms with E-state index in [1.54, 1.807) is 0 Å². The molecule has 0 saturated carbocycles. The van der Waals surface area contributed by atoms with Crippen molar-refractivity contribution >= 4 is 23.2 Å². The molecule has 0 bridgehead atoms. The molecule has 0 radical (unpaired) electrons. The fourth-order valence-corrected chi connectivity index (χ4v) is 1.23. The Labute approximate surface area is 100 Å². The van der Waals surface area contributed by atoms with Crippen molar-refractivity contribution < 1.29 is 4.74 Å². The van der Waals surface area contributed by atoms with Gasteiger partial charge in [-0.1, -0.05) is 25.4 Å². The Balaban J connectivity index is 2.29. The van der Waals surface area contributed by atoms with Crippen LogP contribution in [-0.4, -0.2) is 29.7 Å². The van der Waals surface area contributed by atoms with Crippen LogP contribution in [-0.2, 0) is 4.74 Å². The Morgan fingerprint density at radius 3 is 2.94 bits per heavy atom. The third kappa shape index (κ3) is 4.20. The highest BCUT2D eigenvalue weighted by molar-refractivity contribution is 6.35. The number of nitrogen functional groups attached to an aromatic ring is 1. The van der Waals surface area contributed by atoms with Crippen LogP contribution < -0.4 is 11.1 Å².